The third kappa shape index (κ3) is 9.14. The highest BCUT2D eigenvalue weighted by atomic mass is 31.2. The SMILES string of the molecule is COP(=O)(CC(=O)[C@H](C)C[C@H](C)CN(C(=O)OC(C)(C)C)[C@H](C)c1ccccc1)OC. The van der Waals surface area contributed by atoms with Crippen LogP contribution in [0.3, 0.4) is 0 Å². The maximum Gasteiger partial charge on any atom is 0.410 e. The first-order chi connectivity index (χ1) is 14.3. The standard InChI is InChI=1S/C23H38NO6P/c1-17(14-18(2)21(25)16-31(27,28-7)29-8)15-24(22(26)30-23(4,5)6)19(3)20-12-10-9-11-13-20/h9-13,17-19H,14-16H2,1-8H3/t17-,18+,19+/m0/s1. The number of rotatable bonds is 11. The zero-order chi connectivity index (χ0) is 23.8. The lowest BCUT2D eigenvalue weighted by atomic mass is 9.93. The van der Waals surface area contributed by atoms with Crippen molar-refractivity contribution in [2.24, 2.45) is 11.8 Å². The van der Waals surface area contributed by atoms with Crippen molar-refractivity contribution in [1.82, 2.24) is 4.90 Å². The van der Waals surface area contributed by atoms with E-state index in [1.165, 1.54) is 14.2 Å². The van der Waals surface area contributed by atoms with E-state index in [1.807, 2.05) is 65.0 Å². The summed E-state index contributed by atoms with van der Waals surface area (Å²) < 4.78 is 27.7. The second-order valence-corrected chi connectivity index (χ2v) is 11.3. The molecule has 1 aromatic carbocycles. The maximum absolute atomic E-state index is 13.0. The van der Waals surface area contributed by atoms with Gasteiger partial charge in [-0.3, -0.25) is 9.36 Å². The molecule has 0 fully saturated rings. The number of ether oxygens (including phenoxy) is 1. The van der Waals surface area contributed by atoms with Crippen molar-refractivity contribution in [3.8, 4) is 0 Å². The van der Waals surface area contributed by atoms with Gasteiger partial charge in [0, 0.05) is 26.7 Å². The topological polar surface area (TPSA) is 82.1 Å². The average molecular weight is 456 g/mol. The van der Waals surface area contributed by atoms with Crippen LogP contribution in [0.1, 0.15) is 59.6 Å². The van der Waals surface area contributed by atoms with E-state index in [0.717, 1.165) is 5.56 Å². The van der Waals surface area contributed by atoms with E-state index in [9.17, 15) is 14.2 Å². The van der Waals surface area contributed by atoms with Crippen LogP contribution < -0.4 is 0 Å². The van der Waals surface area contributed by atoms with Gasteiger partial charge in [0.1, 0.15) is 17.5 Å². The summed E-state index contributed by atoms with van der Waals surface area (Å²) >= 11 is 0. The molecule has 0 N–H and O–H groups in total. The Morgan fingerprint density at radius 3 is 2.06 bits per heavy atom. The molecule has 0 saturated heterocycles. The van der Waals surface area contributed by atoms with Gasteiger partial charge in [-0.05, 0) is 45.6 Å². The molecule has 0 aliphatic rings. The summed E-state index contributed by atoms with van der Waals surface area (Å²) in [6, 6.07) is 9.58. The molecule has 1 aromatic rings. The largest absolute Gasteiger partial charge is 0.444 e. The molecule has 0 saturated carbocycles. The molecule has 1 rings (SSSR count). The Hall–Kier alpha value is -1.69. The first kappa shape index (κ1) is 27.3. The van der Waals surface area contributed by atoms with E-state index in [4.69, 9.17) is 13.8 Å². The highest BCUT2D eigenvalue weighted by Gasteiger charge is 2.31. The van der Waals surface area contributed by atoms with E-state index in [-0.39, 0.29) is 29.8 Å². The number of hydrogen-bond acceptors (Lipinski definition) is 6. The van der Waals surface area contributed by atoms with E-state index in [1.54, 1.807) is 11.8 Å². The van der Waals surface area contributed by atoms with Gasteiger partial charge >= 0.3 is 13.7 Å². The summed E-state index contributed by atoms with van der Waals surface area (Å²) in [5, 5.41) is 0. The summed E-state index contributed by atoms with van der Waals surface area (Å²) in [5.41, 5.74) is 0.394. The first-order valence-electron chi connectivity index (χ1n) is 10.6. The van der Waals surface area contributed by atoms with Gasteiger partial charge in [0.15, 0.2) is 0 Å². The van der Waals surface area contributed by atoms with Crippen LogP contribution in [0.4, 0.5) is 4.79 Å². The van der Waals surface area contributed by atoms with Crippen LogP contribution in [0.25, 0.3) is 0 Å². The molecule has 1 amide bonds. The Kier molecular flexibility index (Phi) is 10.4. The minimum atomic E-state index is -3.39. The average Bonchev–Trinajstić information content (AvgIpc) is 2.70. The van der Waals surface area contributed by atoms with Gasteiger partial charge in [0.2, 0.25) is 0 Å². The Labute approximate surface area is 187 Å². The van der Waals surface area contributed by atoms with Gasteiger partial charge in [-0.25, -0.2) is 4.79 Å². The van der Waals surface area contributed by atoms with E-state index >= 15 is 0 Å². The van der Waals surface area contributed by atoms with Crippen molar-refractivity contribution in [3.63, 3.8) is 0 Å². The van der Waals surface area contributed by atoms with Crippen LogP contribution in [-0.4, -0.2) is 49.3 Å². The number of carbonyl (C=O) groups is 2. The molecule has 0 aliphatic carbocycles. The van der Waals surface area contributed by atoms with Crippen molar-refractivity contribution < 1.29 is 27.9 Å². The molecule has 3 atom stereocenters. The summed E-state index contributed by atoms with van der Waals surface area (Å²) in [5.74, 6) is -0.512. The lowest BCUT2D eigenvalue weighted by Gasteiger charge is -2.34. The number of nitrogens with zero attached hydrogens (tertiary/aromatic N) is 1. The number of amides is 1. The number of benzene rings is 1. The molecule has 0 unspecified atom stereocenters. The van der Waals surface area contributed by atoms with Gasteiger partial charge in [0.05, 0.1) is 6.04 Å². The number of Topliss-reactive ketones (excluding diaryl/α,β-unsaturated/α-hetero) is 1. The smallest absolute Gasteiger partial charge is 0.410 e. The second-order valence-electron chi connectivity index (χ2n) is 9.06. The van der Waals surface area contributed by atoms with Crippen LogP contribution in [0.5, 0.6) is 0 Å². The predicted octanol–water partition coefficient (Wildman–Crippen LogP) is 5.70. The van der Waals surface area contributed by atoms with Gasteiger partial charge < -0.3 is 18.7 Å². The minimum absolute atomic E-state index is 0.0158. The molecular weight excluding hydrogens is 417 g/mol. The predicted molar refractivity (Wildman–Crippen MR) is 122 cm³/mol. The van der Waals surface area contributed by atoms with Gasteiger partial charge in [-0.15, -0.1) is 0 Å². The summed E-state index contributed by atoms with van der Waals surface area (Å²) in [6.45, 7) is 11.7. The van der Waals surface area contributed by atoms with Crippen LogP contribution in [0, 0.1) is 11.8 Å². The van der Waals surface area contributed by atoms with Gasteiger partial charge in [0.25, 0.3) is 0 Å². The van der Waals surface area contributed by atoms with Crippen molar-refractivity contribution >= 4 is 19.5 Å². The Bertz CT molecular complexity index is 753. The molecule has 31 heavy (non-hydrogen) atoms. The summed E-state index contributed by atoms with van der Waals surface area (Å²) in [4.78, 5) is 27.2. The fraction of sp³-hybridized carbons (Fsp3) is 0.652. The molecule has 8 heteroatoms. The van der Waals surface area contributed by atoms with Crippen LogP contribution in [-0.2, 0) is 23.1 Å². The lowest BCUT2D eigenvalue weighted by Crippen LogP contribution is -2.41. The maximum atomic E-state index is 13.0. The molecule has 0 heterocycles. The second kappa shape index (κ2) is 11.8. The fourth-order valence-corrected chi connectivity index (χ4v) is 4.42. The molecule has 0 bridgehead atoms. The molecule has 0 aliphatic heterocycles. The molecule has 176 valence electrons. The number of carbonyl (C=O) groups excluding carboxylic acids is 2. The quantitative estimate of drug-likeness (QED) is 0.398. The summed E-state index contributed by atoms with van der Waals surface area (Å²) in [6.07, 6.45) is -0.116. The minimum Gasteiger partial charge on any atom is -0.444 e. The zero-order valence-electron chi connectivity index (χ0n) is 20.1. The van der Waals surface area contributed by atoms with Crippen LogP contribution in [0.15, 0.2) is 30.3 Å². The zero-order valence-corrected chi connectivity index (χ0v) is 21.0. The fourth-order valence-electron chi connectivity index (χ4n) is 3.32. The van der Waals surface area contributed by atoms with Crippen molar-refractivity contribution in [2.75, 3.05) is 26.9 Å². The van der Waals surface area contributed by atoms with Crippen molar-refractivity contribution in [1.29, 1.82) is 0 Å². The Morgan fingerprint density at radius 2 is 1.58 bits per heavy atom. The van der Waals surface area contributed by atoms with Gasteiger partial charge in [-0.2, -0.15) is 0 Å². The van der Waals surface area contributed by atoms with E-state index < -0.39 is 19.3 Å². The Balaban J connectivity index is 2.91. The first-order valence-corrected chi connectivity index (χ1v) is 12.3. The van der Waals surface area contributed by atoms with Crippen LogP contribution >= 0.6 is 7.60 Å². The number of hydrogen-bond donors (Lipinski definition) is 0. The molecule has 0 radical (unpaired) electrons. The van der Waals surface area contributed by atoms with E-state index in [0.29, 0.717) is 13.0 Å². The third-order valence-electron chi connectivity index (χ3n) is 5.10. The normalized spacial score (nSPS) is 15.1. The highest BCUT2D eigenvalue weighted by molar-refractivity contribution is 7.54. The van der Waals surface area contributed by atoms with E-state index in [2.05, 4.69) is 0 Å². The Morgan fingerprint density at radius 1 is 1.03 bits per heavy atom. The molecule has 7 nitrogen and oxygen atoms in total. The van der Waals surface area contributed by atoms with Crippen molar-refractivity contribution in [2.45, 2.75) is 59.6 Å². The van der Waals surface area contributed by atoms with Crippen LogP contribution in [0.2, 0.25) is 0 Å². The molecule has 0 aromatic heterocycles. The number of ketones is 1. The monoisotopic (exact) mass is 455 g/mol. The highest BCUT2D eigenvalue weighted by Crippen LogP contribution is 2.46. The third-order valence-corrected chi connectivity index (χ3v) is 6.91. The van der Waals surface area contributed by atoms with Crippen molar-refractivity contribution in [3.05, 3.63) is 35.9 Å². The molecule has 0 spiro atoms. The molecular formula is C23H38NO6P. The van der Waals surface area contributed by atoms with Gasteiger partial charge in [-0.1, -0.05) is 44.2 Å². The lowest BCUT2D eigenvalue weighted by molar-refractivity contribution is -0.120. The summed E-state index contributed by atoms with van der Waals surface area (Å²) in [7, 11) is -0.846.